The number of nitrogens with zero attached hydrogens (tertiary/aromatic N) is 5. The lowest BCUT2D eigenvalue weighted by atomic mass is 10.2. The van der Waals surface area contributed by atoms with Crippen molar-refractivity contribution in [3.8, 4) is 17.1 Å². The molecule has 0 bridgehead atoms. The van der Waals surface area contributed by atoms with Gasteiger partial charge in [-0.3, -0.25) is 9.48 Å². The Labute approximate surface area is 161 Å². The van der Waals surface area contributed by atoms with E-state index in [4.69, 9.17) is 4.74 Å². The number of aryl methyl sites for hydroxylation is 2. The summed E-state index contributed by atoms with van der Waals surface area (Å²) >= 11 is 1.35. The molecule has 1 aromatic carbocycles. The van der Waals surface area contributed by atoms with Gasteiger partial charge in [-0.15, -0.1) is 10.2 Å². The summed E-state index contributed by atoms with van der Waals surface area (Å²) in [6, 6.07) is 9.51. The van der Waals surface area contributed by atoms with Crippen molar-refractivity contribution in [3.05, 3.63) is 36.0 Å². The van der Waals surface area contributed by atoms with Crippen LogP contribution >= 0.6 is 11.8 Å². The number of carbonyl (C=O) groups excluding carboxylic acids is 1. The standard InChI is InChI=1S/C18H22N6O2S/c1-5-24-17(13-8-6-7-9-14(13)26-4)20-21-18(24)27-11-16(25)19-15-10-12(2)22-23(15)3/h6-10H,5,11H2,1-4H3,(H,19,25). The molecule has 2 heterocycles. The van der Waals surface area contributed by atoms with Crippen molar-refractivity contribution in [2.75, 3.05) is 18.2 Å². The van der Waals surface area contributed by atoms with Crippen molar-refractivity contribution in [3.63, 3.8) is 0 Å². The summed E-state index contributed by atoms with van der Waals surface area (Å²) in [6.07, 6.45) is 0. The smallest absolute Gasteiger partial charge is 0.235 e. The first-order valence-electron chi connectivity index (χ1n) is 8.53. The van der Waals surface area contributed by atoms with Crippen molar-refractivity contribution < 1.29 is 9.53 Å². The van der Waals surface area contributed by atoms with Gasteiger partial charge in [-0.25, -0.2) is 0 Å². The summed E-state index contributed by atoms with van der Waals surface area (Å²) in [4.78, 5) is 12.3. The van der Waals surface area contributed by atoms with Gasteiger partial charge in [0.25, 0.3) is 0 Å². The zero-order chi connectivity index (χ0) is 19.4. The molecule has 0 saturated carbocycles. The number of para-hydroxylation sites is 1. The number of benzene rings is 1. The number of ether oxygens (including phenoxy) is 1. The molecule has 0 saturated heterocycles. The van der Waals surface area contributed by atoms with Crippen molar-refractivity contribution in [1.29, 1.82) is 0 Å². The highest BCUT2D eigenvalue weighted by atomic mass is 32.2. The number of carbonyl (C=O) groups is 1. The van der Waals surface area contributed by atoms with E-state index >= 15 is 0 Å². The van der Waals surface area contributed by atoms with Crippen molar-refractivity contribution in [2.45, 2.75) is 25.5 Å². The van der Waals surface area contributed by atoms with E-state index in [2.05, 4.69) is 20.6 Å². The molecule has 0 atom stereocenters. The molecule has 0 aliphatic heterocycles. The summed E-state index contributed by atoms with van der Waals surface area (Å²) in [7, 11) is 3.43. The van der Waals surface area contributed by atoms with E-state index in [-0.39, 0.29) is 11.7 Å². The van der Waals surface area contributed by atoms with Crippen molar-refractivity contribution in [2.24, 2.45) is 7.05 Å². The summed E-state index contributed by atoms with van der Waals surface area (Å²) in [5, 5.41) is 16.3. The molecule has 27 heavy (non-hydrogen) atoms. The maximum atomic E-state index is 12.3. The van der Waals surface area contributed by atoms with Crippen LogP contribution < -0.4 is 10.1 Å². The SMILES string of the molecule is CCn1c(SCC(=O)Nc2cc(C)nn2C)nnc1-c1ccccc1OC. The van der Waals surface area contributed by atoms with Crippen molar-refractivity contribution in [1.82, 2.24) is 24.5 Å². The van der Waals surface area contributed by atoms with Crippen LogP contribution in [0.2, 0.25) is 0 Å². The fraction of sp³-hybridized carbons (Fsp3) is 0.333. The van der Waals surface area contributed by atoms with Gasteiger partial charge in [0.2, 0.25) is 5.91 Å². The molecule has 3 aromatic rings. The zero-order valence-corrected chi connectivity index (χ0v) is 16.6. The summed E-state index contributed by atoms with van der Waals surface area (Å²) in [5.74, 6) is 2.24. The molecule has 0 fully saturated rings. The lowest BCUT2D eigenvalue weighted by Gasteiger charge is -2.10. The third kappa shape index (κ3) is 4.13. The van der Waals surface area contributed by atoms with Crippen LogP contribution in [0.1, 0.15) is 12.6 Å². The number of thioether (sulfide) groups is 1. The third-order valence-electron chi connectivity index (χ3n) is 3.98. The van der Waals surface area contributed by atoms with Crippen LogP contribution in [0.5, 0.6) is 5.75 Å². The van der Waals surface area contributed by atoms with Gasteiger partial charge in [-0.05, 0) is 26.0 Å². The molecule has 142 valence electrons. The maximum Gasteiger partial charge on any atom is 0.235 e. The van der Waals surface area contributed by atoms with E-state index in [0.29, 0.717) is 17.5 Å². The van der Waals surface area contributed by atoms with E-state index in [1.54, 1.807) is 18.8 Å². The average Bonchev–Trinajstić information content (AvgIpc) is 3.21. The zero-order valence-electron chi connectivity index (χ0n) is 15.8. The Morgan fingerprint density at radius 2 is 2.07 bits per heavy atom. The van der Waals surface area contributed by atoms with Crippen LogP contribution in [0.3, 0.4) is 0 Å². The first kappa shape index (κ1) is 19.0. The van der Waals surface area contributed by atoms with Gasteiger partial charge in [0.15, 0.2) is 11.0 Å². The lowest BCUT2D eigenvalue weighted by Crippen LogP contribution is -2.16. The Kier molecular flexibility index (Phi) is 5.80. The van der Waals surface area contributed by atoms with Gasteiger partial charge in [0, 0.05) is 19.7 Å². The largest absolute Gasteiger partial charge is 0.496 e. The summed E-state index contributed by atoms with van der Waals surface area (Å²) in [6.45, 7) is 4.59. The van der Waals surface area contributed by atoms with Crippen LogP contribution in [0.25, 0.3) is 11.4 Å². The van der Waals surface area contributed by atoms with Crippen LogP contribution in [0, 0.1) is 6.92 Å². The Morgan fingerprint density at radius 1 is 1.30 bits per heavy atom. The first-order valence-corrected chi connectivity index (χ1v) is 9.52. The van der Waals surface area contributed by atoms with E-state index in [9.17, 15) is 4.79 Å². The summed E-state index contributed by atoms with van der Waals surface area (Å²) < 4.78 is 9.05. The highest BCUT2D eigenvalue weighted by Crippen LogP contribution is 2.30. The van der Waals surface area contributed by atoms with E-state index < -0.39 is 0 Å². The van der Waals surface area contributed by atoms with Gasteiger partial charge >= 0.3 is 0 Å². The minimum absolute atomic E-state index is 0.118. The van der Waals surface area contributed by atoms with Crippen LogP contribution in [-0.2, 0) is 18.4 Å². The summed E-state index contributed by atoms with van der Waals surface area (Å²) in [5.41, 5.74) is 1.73. The molecular weight excluding hydrogens is 364 g/mol. The molecule has 3 rings (SSSR count). The number of nitrogens with one attached hydrogen (secondary N) is 1. The normalized spacial score (nSPS) is 10.8. The van der Waals surface area contributed by atoms with E-state index in [0.717, 1.165) is 22.8 Å². The minimum Gasteiger partial charge on any atom is -0.496 e. The van der Waals surface area contributed by atoms with Crippen LogP contribution in [0.15, 0.2) is 35.5 Å². The number of amides is 1. The van der Waals surface area contributed by atoms with Crippen LogP contribution in [0.4, 0.5) is 5.82 Å². The third-order valence-corrected chi connectivity index (χ3v) is 4.95. The van der Waals surface area contributed by atoms with Gasteiger partial charge in [-0.1, -0.05) is 23.9 Å². The average molecular weight is 386 g/mol. The lowest BCUT2D eigenvalue weighted by molar-refractivity contribution is -0.113. The Hall–Kier alpha value is -2.81. The molecule has 9 heteroatoms. The predicted octanol–water partition coefficient (Wildman–Crippen LogP) is 2.75. The fourth-order valence-electron chi connectivity index (χ4n) is 2.75. The van der Waals surface area contributed by atoms with Gasteiger partial charge in [-0.2, -0.15) is 5.10 Å². The Morgan fingerprint density at radius 3 is 2.74 bits per heavy atom. The molecule has 2 aromatic heterocycles. The number of anilines is 1. The molecular formula is C18H22N6O2S. The Bertz CT molecular complexity index is 949. The number of methoxy groups -OCH3 is 1. The highest BCUT2D eigenvalue weighted by molar-refractivity contribution is 7.99. The monoisotopic (exact) mass is 386 g/mol. The highest BCUT2D eigenvalue weighted by Gasteiger charge is 2.17. The molecule has 0 spiro atoms. The molecule has 0 radical (unpaired) electrons. The molecule has 8 nitrogen and oxygen atoms in total. The first-order chi connectivity index (χ1) is 13.0. The number of rotatable bonds is 7. The van der Waals surface area contributed by atoms with Gasteiger partial charge in [0.1, 0.15) is 11.6 Å². The predicted molar refractivity (Wildman–Crippen MR) is 105 cm³/mol. The van der Waals surface area contributed by atoms with Crippen LogP contribution in [-0.4, -0.2) is 43.3 Å². The molecule has 1 amide bonds. The quantitative estimate of drug-likeness (QED) is 0.628. The number of hydrogen-bond donors (Lipinski definition) is 1. The minimum atomic E-state index is -0.118. The molecule has 0 aliphatic carbocycles. The maximum absolute atomic E-state index is 12.3. The second-order valence-corrected chi connectivity index (χ2v) is 6.82. The second kappa shape index (κ2) is 8.26. The number of aromatic nitrogens is 5. The van der Waals surface area contributed by atoms with E-state index in [1.165, 1.54) is 11.8 Å². The fourth-order valence-corrected chi connectivity index (χ4v) is 3.55. The molecule has 0 aliphatic rings. The molecule has 0 unspecified atom stereocenters. The van der Waals surface area contributed by atoms with Gasteiger partial charge < -0.3 is 14.6 Å². The van der Waals surface area contributed by atoms with Crippen molar-refractivity contribution >= 4 is 23.5 Å². The van der Waals surface area contributed by atoms with Gasteiger partial charge in [0.05, 0.1) is 24.1 Å². The Balaban J connectivity index is 1.73. The molecule has 1 N–H and O–H groups in total. The number of hydrogen-bond acceptors (Lipinski definition) is 6. The second-order valence-electron chi connectivity index (χ2n) is 5.88. The topological polar surface area (TPSA) is 86.9 Å². The van der Waals surface area contributed by atoms with E-state index in [1.807, 2.05) is 48.7 Å².